The molecule has 0 saturated carbocycles. The zero-order chi connectivity index (χ0) is 13.5. The number of halogens is 2. The second-order valence-electron chi connectivity index (χ2n) is 4.63. The van der Waals surface area contributed by atoms with Crippen molar-refractivity contribution in [2.75, 3.05) is 0 Å². The molecule has 0 amide bonds. The molecule has 100 valence electrons. The van der Waals surface area contributed by atoms with E-state index in [4.69, 9.17) is 23.2 Å². The van der Waals surface area contributed by atoms with Crippen LogP contribution in [0.2, 0.25) is 10.0 Å². The fourth-order valence-corrected chi connectivity index (χ4v) is 2.57. The first-order valence-corrected chi connectivity index (χ1v) is 7.31. The van der Waals surface area contributed by atoms with Crippen LogP contribution in [0.15, 0.2) is 18.2 Å². The van der Waals surface area contributed by atoms with Gasteiger partial charge >= 0.3 is 0 Å². The predicted molar refractivity (Wildman–Crippen MR) is 78.5 cm³/mol. The maximum absolute atomic E-state index is 12.3. The Labute approximate surface area is 119 Å². The van der Waals surface area contributed by atoms with E-state index in [1.54, 1.807) is 6.07 Å². The lowest BCUT2D eigenvalue weighted by atomic mass is 9.90. The highest BCUT2D eigenvalue weighted by Gasteiger charge is 2.18. The lowest BCUT2D eigenvalue weighted by Crippen LogP contribution is -2.17. The lowest BCUT2D eigenvalue weighted by molar-refractivity contribution is -0.122. The van der Waals surface area contributed by atoms with Crippen LogP contribution in [0.3, 0.4) is 0 Å². The Hall–Kier alpha value is -0.530. The Kier molecular flexibility index (Phi) is 6.73. The molecule has 0 heterocycles. The fourth-order valence-electron chi connectivity index (χ4n) is 2.18. The smallest absolute Gasteiger partial charge is 0.140 e. The molecular formula is C15H20Cl2O. The molecule has 1 nitrogen and oxygen atoms in total. The molecule has 0 aromatic heterocycles. The standard InChI is InChI=1S/C15H20Cl2O/c1-3-6-11(7-4-2)14(18)10-12-8-5-9-13(16)15(12)17/h5,8-9,11H,3-4,6-7,10H2,1-2H3. The van der Waals surface area contributed by atoms with Gasteiger partial charge in [0.15, 0.2) is 0 Å². The molecule has 1 rings (SSSR count). The number of carbonyl (C=O) groups excluding carboxylic acids is 1. The number of hydrogen-bond donors (Lipinski definition) is 0. The van der Waals surface area contributed by atoms with Crippen LogP contribution in [-0.4, -0.2) is 5.78 Å². The van der Waals surface area contributed by atoms with Crippen LogP contribution in [0.1, 0.15) is 45.1 Å². The molecule has 0 bridgehead atoms. The maximum Gasteiger partial charge on any atom is 0.140 e. The Balaban J connectivity index is 2.75. The van der Waals surface area contributed by atoms with Gasteiger partial charge in [-0.15, -0.1) is 0 Å². The van der Waals surface area contributed by atoms with Gasteiger partial charge in [-0.25, -0.2) is 0 Å². The summed E-state index contributed by atoms with van der Waals surface area (Å²) in [7, 11) is 0. The average Bonchev–Trinajstić information content (AvgIpc) is 2.34. The fraction of sp³-hybridized carbons (Fsp3) is 0.533. The van der Waals surface area contributed by atoms with Gasteiger partial charge in [0, 0.05) is 12.3 Å². The molecule has 0 fully saturated rings. The van der Waals surface area contributed by atoms with Crippen molar-refractivity contribution in [1.82, 2.24) is 0 Å². The molecule has 1 aromatic rings. The van der Waals surface area contributed by atoms with Gasteiger partial charge in [0.25, 0.3) is 0 Å². The van der Waals surface area contributed by atoms with Crippen LogP contribution in [0.5, 0.6) is 0 Å². The van der Waals surface area contributed by atoms with E-state index in [1.807, 2.05) is 12.1 Å². The monoisotopic (exact) mass is 286 g/mol. The Morgan fingerprint density at radius 3 is 2.33 bits per heavy atom. The van der Waals surface area contributed by atoms with E-state index in [-0.39, 0.29) is 11.7 Å². The van der Waals surface area contributed by atoms with Crippen LogP contribution in [0.4, 0.5) is 0 Å². The number of rotatable bonds is 7. The summed E-state index contributed by atoms with van der Waals surface area (Å²) in [6.07, 6.45) is 4.40. The Morgan fingerprint density at radius 2 is 1.78 bits per heavy atom. The number of ketones is 1. The summed E-state index contributed by atoms with van der Waals surface area (Å²) in [4.78, 5) is 12.3. The Morgan fingerprint density at radius 1 is 1.17 bits per heavy atom. The Bertz CT molecular complexity index is 395. The van der Waals surface area contributed by atoms with Crippen LogP contribution in [0, 0.1) is 5.92 Å². The molecule has 0 saturated heterocycles. The first-order valence-electron chi connectivity index (χ1n) is 6.55. The van der Waals surface area contributed by atoms with Crippen LogP contribution < -0.4 is 0 Å². The van der Waals surface area contributed by atoms with Crippen molar-refractivity contribution in [3.63, 3.8) is 0 Å². The molecule has 3 heteroatoms. The predicted octanol–water partition coefficient (Wildman–Crippen LogP) is 5.32. The van der Waals surface area contributed by atoms with E-state index >= 15 is 0 Å². The normalized spacial score (nSPS) is 10.9. The first-order chi connectivity index (χ1) is 8.60. The summed E-state index contributed by atoms with van der Waals surface area (Å²) in [5, 5.41) is 1.03. The van der Waals surface area contributed by atoms with Gasteiger partial charge in [0.05, 0.1) is 10.0 Å². The van der Waals surface area contributed by atoms with E-state index in [2.05, 4.69) is 13.8 Å². The van der Waals surface area contributed by atoms with Gasteiger partial charge in [-0.1, -0.05) is 62.0 Å². The quantitative estimate of drug-likeness (QED) is 0.663. The molecule has 0 spiro atoms. The highest BCUT2D eigenvalue weighted by molar-refractivity contribution is 6.42. The molecular weight excluding hydrogens is 267 g/mol. The zero-order valence-electron chi connectivity index (χ0n) is 11.0. The largest absolute Gasteiger partial charge is 0.299 e. The van der Waals surface area contributed by atoms with Crippen molar-refractivity contribution in [2.45, 2.75) is 46.0 Å². The maximum atomic E-state index is 12.3. The highest BCUT2D eigenvalue weighted by atomic mass is 35.5. The lowest BCUT2D eigenvalue weighted by Gasteiger charge is -2.14. The third-order valence-corrected chi connectivity index (χ3v) is 3.98. The second kappa shape index (κ2) is 7.81. The topological polar surface area (TPSA) is 17.1 Å². The minimum absolute atomic E-state index is 0.162. The minimum Gasteiger partial charge on any atom is -0.299 e. The SMILES string of the molecule is CCCC(CCC)C(=O)Cc1cccc(Cl)c1Cl. The molecule has 0 aliphatic carbocycles. The first kappa shape index (κ1) is 15.5. The number of benzene rings is 1. The van der Waals surface area contributed by atoms with Gasteiger partial charge in [-0.05, 0) is 24.5 Å². The van der Waals surface area contributed by atoms with Crippen LogP contribution >= 0.6 is 23.2 Å². The second-order valence-corrected chi connectivity index (χ2v) is 5.42. The van der Waals surface area contributed by atoms with Gasteiger partial charge in [0.2, 0.25) is 0 Å². The van der Waals surface area contributed by atoms with E-state index < -0.39 is 0 Å². The number of carbonyl (C=O) groups is 1. The summed E-state index contributed by atoms with van der Waals surface area (Å²) in [6.45, 7) is 4.23. The summed E-state index contributed by atoms with van der Waals surface area (Å²) in [5.74, 6) is 0.443. The van der Waals surface area contributed by atoms with E-state index in [0.717, 1.165) is 31.2 Å². The zero-order valence-corrected chi connectivity index (χ0v) is 12.5. The van der Waals surface area contributed by atoms with Crippen LogP contribution in [-0.2, 0) is 11.2 Å². The molecule has 0 radical (unpaired) electrons. The average molecular weight is 287 g/mol. The third-order valence-electron chi connectivity index (χ3n) is 3.13. The van der Waals surface area contributed by atoms with Crippen molar-refractivity contribution in [3.8, 4) is 0 Å². The van der Waals surface area contributed by atoms with Crippen LogP contribution in [0.25, 0.3) is 0 Å². The number of hydrogen-bond acceptors (Lipinski definition) is 1. The van der Waals surface area contributed by atoms with Crippen molar-refractivity contribution in [3.05, 3.63) is 33.8 Å². The molecule has 0 unspecified atom stereocenters. The summed E-state index contributed by atoms with van der Waals surface area (Å²) >= 11 is 12.1. The third kappa shape index (κ3) is 4.29. The molecule has 18 heavy (non-hydrogen) atoms. The van der Waals surface area contributed by atoms with Crippen molar-refractivity contribution in [1.29, 1.82) is 0 Å². The highest BCUT2D eigenvalue weighted by Crippen LogP contribution is 2.27. The van der Waals surface area contributed by atoms with E-state index in [9.17, 15) is 4.79 Å². The van der Waals surface area contributed by atoms with Gasteiger partial charge in [-0.2, -0.15) is 0 Å². The summed E-state index contributed by atoms with van der Waals surface area (Å²) in [5.41, 5.74) is 0.839. The molecule has 0 atom stereocenters. The molecule has 0 aliphatic rings. The van der Waals surface area contributed by atoms with Crippen molar-refractivity contribution >= 4 is 29.0 Å². The molecule has 1 aromatic carbocycles. The van der Waals surface area contributed by atoms with Gasteiger partial charge < -0.3 is 0 Å². The van der Waals surface area contributed by atoms with Crippen molar-refractivity contribution < 1.29 is 4.79 Å². The van der Waals surface area contributed by atoms with Crippen molar-refractivity contribution in [2.24, 2.45) is 5.92 Å². The minimum atomic E-state index is 0.162. The summed E-state index contributed by atoms with van der Waals surface area (Å²) < 4.78 is 0. The van der Waals surface area contributed by atoms with E-state index in [0.29, 0.717) is 16.5 Å². The summed E-state index contributed by atoms with van der Waals surface area (Å²) in [6, 6.07) is 5.46. The van der Waals surface area contributed by atoms with Gasteiger partial charge in [0.1, 0.15) is 5.78 Å². The van der Waals surface area contributed by atoms with Gasteiger partial charge in [-0.3, -0.25) is 4.79 Å². The van der Waals surface area contributed by atoms with E-state index in [1.165, 1.54) is 0 Å². The molecule has 0 aliphatic heterocycles. The number of Topliss-reactive ketones (excluding diaryl/α,β-unsaturated/α-hetero) is 1. The molecule has 0 N–H and O–H groups in total.